The molecule has 3 N–H and O–H groups in total. The number of hydrogen-bond donors (Lipinski definition) is 2. The highest BCUT2D eigenvalue weighted by atomic mass is 32.1. The van der Waals surface area contributed by atoms with Crippen molar-refractivity contribution in [2.45, 2.75) is 6.54 Å². The van der Waals surface area contributed by atoms with Crippen LogP contribution in [0.25, 0.3) is 16.3 Å². The van der Waals surface area contributed by atoms with Crippen molar-refractivity contribution in [1.29, 1.82) is 0 Å². The Morgan fingerprint density at radius 2 is 1.87 bits per heavy atom. The number of fused-ring (bicyclic) bond motifs is 1. The number of esters is 1. The van der Waals surface area contributed by atoms with Crippen LogP contribution in [0.15, 0.2) is 70.3 Å². The molecule has 1 amide bonds. The number of nitrogens with one attached hydrogen (secondary N) is 1. The van der Waals surface area contributed by atoms with E-state index < -0.39 is 29.7 Å². The summed E-state index contributed by atoms with van der Waals surface area (Å²) in [6.45, 7) is -0.588. The largest absolute Gasteiger partial charge is 0.452 e. The van der Waals surface area contributed by atoms with Crippen molar-refractivity contribution in [1.82, 2.24) is 14.5 Å². The zero-order valence-electron chi connectivity index (χ0n) is 20.5. The van der Waals surface area contributed by atoms with Crippen LogP contribution in [0.3, 0.4) is 0 Å². The molecule has 0 aliphatic carbocycles. The summed E-state index contributed by atoms with van der Waals surface area (Å²) in [4.78, 5) is 58.2. The molecule has 2 heterocycles. The summed E-state index contributed by atoms with van der Waals surface area (Å²) in [7, 11) is 1.43. The molecule has 12 heteroatoms. The van der Waals surface area contributed by atoms with E-state index in [-0.39, 0.29) is 31.2 Å². The number of thiazole rings is 1. The maximum absolute atomic E-state index is 13.1. The van der Waals surface area contributed by atoms with Gasteiger partial charge in [-0.3, -0.25) is 24.0 Å². The van der Waals surface area contributed by atoms with E-state index in [1.165, 1.54) is 30.6 Å². The van der Waals surface area contributed by atoms with Gasteiger partial charge in [0.05, 0.1) is 23.4 Å². The van der Waals surface area contributed by atoms with Crippen LogP contribution in [-0.4, -0.2) is 53.3 Å². The van der Waals surface area contributed by atoms with Crippen molar-refractivity contribution in [3.63, 3.8) is 0 Å². The zero-order valence-corrected chi connectivity index (χ0v) is 21.3. The Morgan fingerprint density at radius 1 is 1.13 bits per heavy atom. The SMILES string of the molecule is COCCN(C(=O)COC(=O)/C=C/c1nc2ccccc2s1)c1c(N)n(Cc2ccccc2)c(=O)[nH]c1=O. The zero-order chi connectivity index (χ0) is 27.1. The maximum atomic E-state index is 13.1. The number of nitrogens with zero attached hydrogens (tertiary/aromatic N) is 3. The molecule has 0 aliphatic heterocycles. The number of H-pyrrole nitrogens is 1. The molecule has 0 fully saturated rings. The summed E-state index contributed by atoms with van der Waals surface area (Å²) in [5.41, 5.74) is 6.01. The molecule has 0 saturated carbocycles. The first-order valence-electron chi connectivity index (χ1n) is 11.5. The maximum Gasteiger partial charge on any atom is 0.331 e. The molecule has 2 aromatic carbocycles. The van der Waals surface area contributed by atoms with E-state index in [9.17, 15) is 19.2 Å². The second-order valence-electron chi connectivity index (χ2n) is 8.06. The fourth-order valence-electron chi connectivity index (χ4n) is 3.66. The number of para-hydroxylation sites is 1. The van der Waals surface area contributed by atoms with Gasteiger partial charge in [0, 0.05) is 19.7 Å². The number of nitrogen functional groups attached to an aromatic ring is 1. The number of nitrogens with two attached hydrogens (primary N) is 1. The normalized spacial score (nSPS) is 11.2. The topological polar surface area (TPSA) is 150 Å². The molecule has 196 valence electrons. The number of carbonyl (C=O) groups excluding carboxylic acids is 2. The van der Waals surface area contributed by atoms with Crippen LogP contribution in [0.4, 0.5) is 11.5 Å². The number of methoxy groups -OCH3 is 1. The Hall–Kier alpha value is -4.55. The molecule has 11 nitrogen and oxygen atoms in total. The second-order valence-corrected chi connectivity index (χ2v) is 9.13. The van der Waals surface area contributed by atoms with E-state index in [1.807, 2.05) is 30.3 Å². The molecule has 0 atom stereocenters. The van der Waals surface area contributed by atoms with Gasteiger partial charge in [-0.05, 0) is 23.8 Å². The number of aromatic nitrogens is 3. The summed E-state index contributed by atoms with van der Waals surface area (Å²) >= 11 is 1.41. The molecule has 0 radical (unpaired) electrons. The number of hydrogen-bond acceptors (Lipinski definition) is 9. The smallest absolute Gasteiger partial charge is 0.331 e. The third-order valence-electron chi connectivity index (χ3n) is 5.50. The first-order valence-corrected chi connectivity index (χ1v) is 12.3. The van der Waals surface area contributed by atoms with Gasteiger partial charge in [-0.1, -0.05) is 42.5 Å². The number of benzene rings is 2. The third-order valence-corrected chi connectivity index (χ3v) is 6.50. The van der Waals surface area contributed by atoms with Crippen LogP contribution in [0, 0.1) is 0 Å². The van der Waals surface area contributed by atoms with E-state index in [1.54, 1.807) is 24.3 Å². The molecule has 0 unspecified atom stereocenters. The van der Waals surface area contributed by atoms with Crippen LogP contribution in [-0.2, 0) is 25.6 Å². The van der Waals surface area contributed by atoms with Crippen molar-refractivity contribution in [3.05, 3.63) is 92.1 Å². The van der Waals surface area contributed by atoms with Gasteiger partial charge in [-0.25, -0.2) is 14.6 Å². The Kier molecular flexibility index (Phi) is 8.46. The number of anilines is 2. The molecule has 0 spiro atoms. The minimum Gasteiger partial charge on any atom is -0.452 e. The van der Waals surface area contributed by atoms with E-state index in [4.69, 9.17) is 15.2 Å². The third kappa shape index (κ3) is 6.22. The minimum absolute atomic E-state index is 0.0634. The Morgan fingerprint density at radius 3 is 2.61 bits per heavy atom. The predicted molar refractivity (Wildman–Crippen MR) is 145 cm³/mol. The lowest BCUT2D eigenvalue weighted by molar-refractivity contribution is -0.142. The molecular formula is C26H25N5O6S. The van der Waals surface area contributed by atoms with Gasteiger partial charge in [-0.2, -0.15) is 0 Å². The van der Waals surface area contributed by atoms with E-state index in [0.29, 0.717) is 5.01 Å². The quantitative estimate of drug-likeness (QED) is 0.231. The van der Waals surface area contributed by atoms with Crippen LogP contribution in [0.2, 0.25) is 0 Å². The van der Waals surface area contributed by atoms with Crippen LogP contribution in [0.5, 0.6) is 0 Å². The van der Waals surface area contributed by atoms with Gasteiger partial charge in [0.2, 0.25) is 0 Å². The number of carbonyl (C=O) groups is 2. The standard InChI is InChI=1S/C26H25N5O6S/c1-36-14-13-30(23-24(27)31(26(35)29-25(23)34)15-17-7-3-2-4-8-17)21(32)16-37-22(33)12-11-20-28-18-9-5-6-10-19(18)38-20/h2-12H,13-16,27H2,1H3,(H,29,34,35)/b12-11+. The Balaban J connectivity index is 1.51. The van der Waals surface area contributed by atoms with Gasteiger partial charge in [0.15, 0.2) is 12.3 Å². The first kappa shape index (κ1) is 26.5. The molecule has 0 saturated heterocycles. The fourth-order valence-corrected chi connectivity index (χ4v) is 4.53. The molecule has 38 heavy (non-hydrogen) atoms. The molecule has 0 bridgehead atoms. The monoisotopic (exact) mass is 535 g/mol. The summed E-state index contributed by atoms with van der Waals surface area (Å²) < 4.78 is 12.3. The molecular weight excluding hydrogens is 510 g/mol. The van der Waals surface area contributed by atoms with Gasteiger partial charge >= 0.3 is 11.7 Å². The first-order chi connectivity index (χ1) is 18.4. The van der Waals surface area contributed by atoms with Gasteiger partial charge in [-0.15, -0.1) is 11.3 Å². The summed E-state index contributed by atoms with van der Waals surface area (Å²) in [6.07, 6.45) is 2.67. The number of ether oxygens (including phenoxy) is 2. The molecule has 4 rings (SSSR count). The predicted octanol–water partition coefficient (Wildman–Crippen LogP) is 2.01. The second kappa shape index (κ2) is 12.1. The average Bonchev–Trinajstić information content (AvgIpc) is 3.34. The lowest BCUT2D eigenvalue weighted by atomic mass is 10.2. The van der Waals surface area contributed by atoms with Crippen molar-refractivity contribution in [3.8, 4) is 0 Å². The lowest BCUT2D eigenvalue weighted by Crippen LogP contribution is -2.44. The van der Waals surface area contributed by atoms with Crippen molar-refractivity contribution in [2.24, 2.45) is 0 Å². The summed E-state index contributed by atoms with van der Waals surface area (Å²) in [5, 5.41) is 0.608. The van der Waals surface area contributed by atoms with E-state index >= 15 is 0 Å². The van der Waals surface area contributed by atoms with Gasteiger partial charge in [0.1, 0.15) is 10.8 Å². The van der Waals surface area contributed by atoms with E-state index in [2.05, 4.69) is 9.97 Å². The molecule has 0 aliphatic rings. The minimum atomic E-state index is -0.844. The van der Waals surface area contributed by atoms with Crippen LogP contribution >= 0.6 is 11.3 Å². The molecule has 4 aromatic rings. The van der Waals surface area contributed by atoms with E-state index in [0.717, 1.165) is 25.2 Å². The summed E-state index contributed by atoms with van der Waals surface area (Å²) in [6, 6.07) is 16.6. The highest BCUT2D eigenvalue weighted by Gasteiger charge is 2.25. The fraction of sp³-hybridized carbons (Fsp3) is 0.192. The van der Waals surface area contributed by atoms with Crippen LogP contribution in [0.1, 0.15) is 10.6 Å². The van der Waals surface area contributed by atoms with Gasteiger partial charge in [0.25, 0.3) is 11.5 Å². The highest BCUT2D eigenvalue weighted by molar-refractivity contribution is 7.19. The highest BCUT2D eigenvalue weighted by Crippen LogP contribution is 2.22. The number of aromatic amines is 1. The Labute approximate surface area is 220 Å². The van der Waals surface area contributed by atoms with Crippen LogP contribution < -0.4 is 21.9 Å². The van der Waals surface area contributed by atoms with Gasteiger partial charge < -0.3 is 15.2 Å². The summed E-state index contributed by atoms with van der Waals surface area (Å²) in [5.74, 6) is -1.68. The number of amides is 1. The molecule has 2 aromatic heterocycles. The average molecular weight is 536 g/mol. The lowest BCUT2D eigenvalue weighted by Gasteiger charge is -2.24. The Bertz CT molecular complexity index is 1560. The number of rotatable bonds is 10. The van der Waals surface area contributed by atoms with Crippen molar-refractivity contribution in [2.75, 3.05) is 37.5 Å². The van der Waals surface area contributed by atoms with Crippen molar-refractivity contribution >= 4 is 51.0 Å². The van der Waals surface area contributed by atoms with Crippen molar-refractivity contribution < 1.29 is 19.1 Å².